The number of hydrogen-bond acceptors (Lipinski definition) is 2. The van der Waals surface area contributed by atoms with Gasteiger partial charge in [0.25, 0.3) is 0 Å². The van der Waals surface area contributed by atoms with Crippen LogP contribution >= 0.6 is 11.6 Å². The Hall–Kier alpha value is -0.730. The van der Waals surface area contributed by atoms with Gasteiger partial charge in [0.2, 0.25) is 0 Å². The van der Waals surface area contributed by atoms with Crippen molar-refractivity contribution < 1.29 is 4.74 Å². The molecule has 0 fully saturated rings. The van der Waals surface area contributed by atoms with E-state index in [0.717, 1.165) is 42.0 Å². The zero-order valence-corrected chi connectivity index (χ0v) is 12.3. The molecule has 3 heteroatoms. The van der Waals surface area contributed by atoms with Crippen LogP contribution in [0.1, 0.15) is 45.6 Å². The van der Waals surface area contributed by atoms with Crippen LogP contribution in [0.4, 0.5) is 0 Å². The van der Waals surface area contributed by atoms with Gasteiger partial charge in [0.1, 0.15) is 5.75 Å². The Morgan fingerprint density at radius 1 is 1.17 bits per heavy atom. The van der Waals surface area contributed by atoms with E-state index in [1.54, 1.807) is 0 Å². The van der Waals surface area contributed by atoms with Gasteiger partial charge in [0.05, 0.1) is 6.10 Å². The Labute approximate surface area is 115 Å². The second-order valence-electron chi connectivity index (χ2n) is 4.65. The van der Waals surface area contributed by atoms with Crippen LogP contribution < -0.4 is 10.5 Å². The van der Waals surface area contributed by atoms with Crippen LogP contribution in [0.2, 0.25) is 5.02 Å². The number of benzene rings is 1. The van der Waals surface area contributed by atoms with Crippen LogP contribution in [0.3, 0.4) is 0 Å². The molecule has 0 saturated heterocycles. The average Bonchev–Trinajstić information content (AvgIpc) is 2.39. The summed E-state index contributed by atoms with van der Waals surface area (Å²) >= 11 is 6.26. The van der Waals surface area contributed by atoms with Gasteiger partial charge in [-0.1, -0.05) is 38.4 Å². The maximum Gasteiger partial charge on any atom is 0.124 e. The average molecular weight is 270 g/mol. The highest BCUT2D eigenvalue weighted by Crippen LogP contribution is 2.29. The zero-order valence-electron chi connectivity index (χ0n) is 11.6. The fourth-order valence-corrected chi connectivity index (χ4v) is 2.13. The molecular weight excluding hydrogens is 246 g/mol. The quantitative estimate of drug-likeness (QED) is 0.806. The van der Waals surface area contributed by atoms with Crippen LogP contribution in [0.15, 0.2) is 18.2 Å². The Morgan fingerprint density at radius 2 is 1.83 bits per heavy atom. The Kier molecular flexibility index (Phi) is 6.51. The molecular formula is C15H24ClNO. The Morgan fingerprint density at radius 3 is 2.39 bits per heavy atom. The highest BCUT2D eigenvalue weighted by atomic mass is 35.5. The molecule has 0 amide bonds. The third-order valence-corrected chi connectivity index (χ3v) is 3.62. The first-order chi connectivity index (χ1) is 8.62. The van der Waals surface area contributed by atoms with E-state index in [4.69, 9.17) is 22.1 Å². The molecule has 0 aliphatic carbocycles. The minimum atomic E-state index is 0.133. The number of rotatable bonds is 7. The fraction of sp³-hybridized carbons (Fsp3) is 0.600. The first-order valence-electron chi connectivity index (χ1n) is 6.81. The van der Waals surface area contributed by atoms with E-state index in [-0.39, 0.29) is 12.1 Å². The summed E-state index contributed by atoms with van der Waals surface area (Å²) in [4.78, 5) is 0. The van der Waals surface area contributed by atoms with Crippen molar-refractivity contribution in [2.75, 3.05) is 0 Å². The molecule has 0 heterocycles. The van der Waals surface area contributed by atoms with Crippen molar-refractivity contribution in [2.45, 2.75) is 58.6 Å². The van der Waals surface area contributed by atoms with Gasteiger partial charge in [-0.3, -0.25) is 0 Å². The summed E-state index contributed by atoms with van der Waals surface area (Å²) in [5.74, 6) is 0.889. The third kappa shape index (κ3) is 4.18. The first-order valence-corrected chi connectivity index (χ1v) is 7.19. The molecule has 1 atom stereocenters. The summed E-state index contributed by atoms with van der Waals surface area (Å²) in [6, 6.07) is 5.95. The second kappa shape index (κ2) is 7.65. The summed E-state index contributed by atoms with van der Waals surface area (Å²) in [6.07, 6.45) is 3.96. The summed E-state index contributed by atoms with van der Waals surface area (Å²) in [5.41, 5.74) is 7.07. The maximum atomic E-state index is 6.26. The summed E-state index contributed by atoms with van der Waals surface area (Å²) in [5, 5.41) is 0.752. The van der Waals surface area contributed by atoms with E-state index >= 15 is 0 Å². The van der Waals surface area contributed by atoms with Gasteiger partial charge in [0, 0.05) is 16.6 Å². The number of halogens is 1. The maximum absolute atomic E-state index is 6.26. The Bertz CT molecular complexity index is 364. The number of hydrogen-bond donors (Lipinski definition) is 1. The second-order valence-corrected chi connectivity index (χ2v) is 5.05. The molecule has 0 bridgehead atoms. The van der Waals surface area contributed by atoms with Crippen molar-refractivity contribution in [1.82, 2.24) is 0 Å². The molecule has 0 aliphatic heterocycles. The van der Waals surface area contributed by atoms with Crippen molar-refractivity contribution in [3.8, 4) is 5.75 Å². The summed E-state index contributed by atoms with van der Waals surface area (Å²) < 4.78 is 6.03. The van der Waals surface area contributed by atoms with Crippen LogP contribution in [-0.4, -0.2) is 12.1 Å². The smallest absolute Gasteiger partial charge is 0.124 e. The highest BCUT2D eigenvalue weighted by Gasteiger charge is 2.14. The van der Waals surface area contributed by atoms with Crippen molar-refractivity contribution in [2.24, 2.45) is 5.73 Å². The summed E-state index contributed by atoms with van der Waals surface area (Å²) in [7, 11) is 0. The van der Waals surface area contributed by atoms with Crippen LogP contribution in [0.5, 0.6) is 5.75 Å². The molecule has 2 nitrogen and oxygen atoms in total. The molecule has 1 aromatic rings. The molecule has 2 N–H and O–H groups in total. The molecule has 1 rings (SSSR count). The topological polar surface area (TPSA) is 35.2 Å². The molecule has 0 aliphatic rings. The van der Waals surface area contributed by atoms with Crippen molar-refractivity contribution in [3.63, 3.8) is 0 Å². The van der Waals surface area contributed by atoms with Gasteiger partial charge in [-0.05, 0) is 37.8 Å². The number of nitrogens with two attached hydrogens (primary N) is 1. The van der Waals surface area contributed by atoms with E-state index in [2.05, 4.69) is 20.8 Å². The van der Waals surface area contributed by atoms with Crippen molar-refractivity contribution >= 4 is 11.6 Å². The predicted octanol–water partition coefficient (Wildman–Crippen LogP) is 4.19. The lowest BCUT2D eigenvalue weighted by Crippen LogP contribution is -2.23. The lowest BCUT2D eigenvalue weighted by Gasteiger charge is -2.20. The third-order valence-electron chi connectivity index (χ3n) is 3.27. The largest absolute Gasteiger partial charge is 0.490 e. The van der Waals surface area contributed by atoms with Gasteiger partial charge in [-0.2, -0.15) is 0 Å². The minimum Gasteiger partial charge on any atom is -0.490 e. The highest BCUT2D eigenvalue weighted by molar-refractivity contribution is 6.31. The van der Waals surface area contributed by atoms with Gasteiger partial charge >= 0.3 is 0 Å². The summed E-state index contributed by atoms with van der Waals surface area (Å²) in [6.45, 7) is 6.36. The van der Waals surface area contributed by atoms with Crippen LogP contribution in [0.25, 0.3) is 0 Å². The number of ether oxygens (including phenoxy) is 1. The fourth-order valence-electron chi connectivity index (χ4n) is 1.89. The molecule has 1 unspecified atom stereocenters. The predicted molar refractivity (Wildman–Crippen MR) is 78.4 cm³/mol. The molecule has 1 aromatic carbocycles. The molecule has 0 spiro atoms. The zero-order chi connectivity index (χ0) is 13.5. The monoisotopic (exact) mass is 269 g/mol. The lowest BCUT2D eigenvalue weighted by atomic mass is 10.0. The van der Waals surface area contributed by atoms with Gasteiger partial charge in [-0.15, -0.1) is 0 Å². The molecule has 102 valence electrons. The lowest BCUT2D eigenvalue weighted by molar-refractivity contribution is 0.190. The van der Waals surface area contributed by atoms with Crippen LogP contribution in [0, 0.1) is 0 Å². The van der Waals surface area contributed by atoms with Crippen molar-refractivity contribution in [3.05, 3.63) is 28.8 Å². The van der Waals surface area contributed by atoms with E-state index in [1.807, 2.05) is 18.2 Å². The SMILES string of the molecule is CCC(N)Cc1c(Cl)cccc1OC(CC)CC. The standard InChI is InChI=1S/C15H24ClNO/c1-4-11(17)10-13-14(16)8-7-9-15(13)18-12(5-2)6-3/h7-9,11-12H,4-6,10,17H2,1-3H3. The van der Waals surface area contributed by atoms with Crippen molar-refractivity contribution in [1.29, 1.82) is 0 Å². The first kappa shape index (κ1) is 15.3. The van der Waals surface area contributed by atoms with E-state index < -0.39 is 0 Å². The molecule has 18 heavy (non-hydrogen) atoms. The van der Waals surface area contributed by atoms with E-state index in [9.17, 15) is 0 Å². The molecule has 0 saturated carbocycles. The normalized spacial score (nSPS) is 12.8. The van der Waals surface area contributed by atoms with E-state index in [0.29, 0.717) is 0 Å². The minimum absolute atomic E-state index is 0.133. The molecule has 0 radical (unpaired) electrons. The molecule has 0 aromatic heterocycles. The van der Waals surface area contributed by atoms with Gasteiger partial charge in [0.15, 0.2) is 0 Å². The van der Waals surface area contributed by atoms with E-state index in [1.165, 1.54) is 0 Å². The van der Waals surface area contributed by atoms with Crippen LogP contribution in [-0.2, 0) is 6.42 Å². The van der Waals surface area contributed by atoms with Gasteiger partial charge < -0.3 is 10.5 Å². The van der Waals surface area contributed by atoms with Gasteiger partial charge in [-0.25, -0.2) is 0 Å². The Balaban J connectivity index is 2.92.